The molecular weight excluding hydrogens is 252 g/mol. The fourth-order valence-electron chi connectivity index (χ4n) is 2.93. The van der Waals surface area contributed by atoms with Crippen LogP contribution in [-0.2, 0) is 6.42 Å². The molecule has 3 unspecified atom stereocenters. The summed E-state index contributed by atoms with van der Waals surface area (Å²) in [6.07, 6.45) is 4.13. The smallest absolute Gasteiger partial charge is 0.335 e. The molecule has 1 aromatic heterocycles. The number of nitrogens with one attached hydrogen (secondary N) is 1. The van der Waals surface area contributed by atoms with Crippen molar-refractivity contribution >= 4 is 11.8 Å². The van der Waals surface area contributed by atoms with Crippen molar-refractivity contribution in [3.05, 3.63) is 23.4 Å². The second kappa shape index (κ2) is 6.25. The highest BCUT2D eigenvalue weighted by Gasteiger charge is 2.29. The van der Waals surface area contributed by atoms with Gasteiger partial charge < -0.3 is 10.4 Å². The minimum Gasteiger partial charge on any atom is -0.478 e. The molecule has 0 bridgehead atoms. The third kappa shape index (κ3) is 3.30. The number of hydrogen-bond acceptors (Lipinski definition) is 3. The van der Waals surface area contributed by atoms with Crippen molar-refractivity contribution in [2.24, 2.45) is 11.8 Å². The second-order valence-electron chi connectivity index (χ2n) is 5.95. The van der Waals surface area contributed by atoms with Crippen LogP contribution in [0.25, 0.3) is 0 Å². The van der Waals surface area contributed by atoms with Crippen LogP contribution in [0.4, 0.5) is 5.82 Å². The van der Waals surface area contributed by atoms with Crippen LogP contribution in [0, 0.1) is 11.8 Å². The maximum absolute atomic E-state index is 11.2. The number of pyridine rings is 1. The lowest BCUT2D eigenvalue weighted by Gasteiger charge is -2.20. The molecule has 1 heterocycles. The van der Waals surface area contributed by atoms with Crippen LogP contribution >= 0.6 is 0 Å². The Kier molecular flexibility index (Phi) is 4.63. The molecule has 0 radical (unpaired) electrons. The van der Waals surface area contributed by atoms with Gasteiger partial charge in [0.25, 0.3) is 0 Å². The van der Waals surface area contributed by atoms with Gasteiger partial charge in [-0.15, -0.1) is 0 Å². The number of aromatic nitrogens is 1. The zero-order valence-electron chi connectivity index (χ0n) is 12.5. The van der Waals surface area contributed by atoms with Gasteiger partial charge in [-0.05, 0) is 43.2 Å². The maximum atomic E-state index is 11.2. The SMILES string of the molecule is CCCc1cc(C(=O)O)cc(NC2CCC(C)C2C)n1. The Bertz CT molecular complexity index is 487. The van der Waals surface area contributed by atoms with E-state index in [2.05, 4.69) is 31.1 Å². The largest absolute Gasteiger partial charge is 0.478 e. The number of rotatable bonds is 5. The molecule has 0 aromatic carbocycles. The van der Waals surface area contributed by atoms with E-state index < -0.39 is 5.97 Å². The molecule has 4 nitrogen and oxygen atoms in total. The molecule has 1 fully saturated rings. The Labute approximate surface area is 120 Å². The normalized spacial score (nSPS) is 25.6. The maximum Gasteiger partial charge on any atom is 0.335 e. The van der Waals surface area contributed by atoms with E-state index in [0.717, 1.165) is 25.0 Å². The van der Waals surface area contributed by atoms with Crippen molar-refractivity contribution in [2.75, 3.05) is 5.32 Å². The minimum atomic E-state index is -0.888. The fourth-order valence-corrected chi connectivity index (χ4v) is 2.93. The van der Waals surface area contributed by atoms with Gasteiger partial charge in [0.15, 0.2) is 0 Å². The minimum absolute atomic E-state index is 0.324. The van der Waals surface area contributed by atoms with E-state index in [4.69, 9.17) is 0 Å². The summed E-state index contributed by atoms with van der Waals surface area (Å²) in [7, 11) is 0. The molecule has 20 heavy (non-hydrogen) atoms. The van der Waals surface area contributed by atoms with Gasteiger partial charge >= 0.3 is 5.97 Å². The van der Waals surface area contributed by atoms with Crippen LogP contribution in [0.2, 0.25) is 0 Å². The number of nitrogens with zero attached hydrogens (tertiary/aromatic N) is 1. The van der Waals surface area contributed by atoms with Crippen LogP contribution < -0.4 is 5.32 Å². The van der Waals surface area contributed by atoms with Gasteiger partial charge in [0.05, 0.1) is 5.56 Å². The van der Waals surface area contributed by atoms with E-state index in [0.29, 0.717) is 29.3 Å². The van der Waals surface area contributed by atoms with Gasteiger partial charge in [0.1, 0.15) is 5.82 Å². The Balaban J connectivity index is 2.20. The summed E-state index contributed by atoms with van der Waals surface area (Å²) in [5, 5.41) is 12.6. The van der Waals surface area contributed by atoms with Crippen molar-refractivity contribution in [1.29, 1.82) is 0 Å². The van der Waals surface area contributed by atoms with E-state index in [-0.39, 0.29) is 0 Å². The van der Waals surface area contributed by atoms with Crippen LogP contribution in [0.5, 0.6) is 0 Å². The first-order valence-corrected chi connectivity index (χ1v) is 7.52. The van der Waals surface area contributed by atoms with Gasteiger partial charge in [0, 0.05) is 11.7 Å². The predicted octanol–water partition coefficient (Wildman–Crippen LogP) is 3.58. The average Bonchev–Trinajstić information content (AvgIpc) is 2.71. The fraction of sp³-hybridized carbons (Fsp3) is 0.625. The monoisotopic (exact) mass is 276 g/mol. The molecule has 1 aliphatic rings. The molecule has 110 valence electrons. The van der Waals surface area contributed by atoms with E-state index in [1.165, 1.54) is 6.42 Å². The van der Waals surface area contributed by atoms with E-state index >= 15 is 0 Å². The quantitative estimate of drug-likeness (QED) is 0.863. The Hall–Kier alpha value is -1.58. The molecule has 0 amide bonds. The Morgan fingerprint density at radius 1 is 1.40 bits per heavy atom. The van der Waals surface area contributed by atoms with Crippen molar-refractivity contribution < 1.29 is 9.90 Å². The Morgan fingerprint density at radius 2 is 2.15 bits per heavy atom. The van der Waals surface area contributed by atoms with E-state index in [1.54, 1.807) is 12.1 Å². The van der Waals surface area contributed by atoms with Crippen molar-refractivity contribution in [2.45, 2.75) is 52.5 Å². The van der Waals surface area contributed by atoms with Crippen LogP contribution in [0.3, 0.4) is 0 Å². The molecule has 2 N–H and O–H groups in total. The highest BCUT2D eigenvalue weighted by molar-refractivity contribution is 5.88. The zero-order chi connectivity index (χ0) is 14.7. The molecule has 0 aliphatic heterocycles. The molecule has 4 heteroatoms. The van der Waals surface area contributed by atoms with Gasteiger partial charge in [-0.3, -0.25) is 0 Å². The highest BCUT2D eigenvalue weighted by Crippen LogP contribution is 2.33. The molecule has 3 atom stereocenters. The molecule has 2 rings (SSSR count). The number of carboxylic acid groups (broad SMARTS) is 1. The summed E-state index contributed by atoms with van der Waals surface area (Å²) >= 11 is 0. The first-order valence-electron chi connectivity index (χ1n) is 7.52. The number of carboxylic acids is 1. The molecule has 1 aromatic rings. The average molecular weight is 276 g/mol. The van der Waals surface area contributed by atoms with Crippen molar-refractivity contribution in [3.8, 4) is 0 Å². The highest BCUT2D eigenvalue weighted by atomic mass is 16.4. The summed E-state index contributed by atoms with van der Waals surface area (Å²) in [6, 6.07) is 3.73. The van der Waals surface area contributed by atoms with Crippen LogP contribution in [0.1, 0.15) is 56.1 Å². The number of carbonyl (C=O) groups is 1. The lowest BCUT2D eigenvalue weighted by Crippen LogP contribution is -2.25. The summed E-state index contributed by atoms with van der Waals surface area (Å²) in [4.78, 5) is 15.8. The number of aromatic carboxylic acids is 1. The number of hydrogen-bond donors (Lipinski definition) is 2. The molecule has 0 spiro atoms. The van der Waals surface area contributed by atoms with E-state index in [9.17, 15) is 9.90 Å². The van der Waals surface area contributed by atoms with Crippen molar-refractivity contribution in [1.82, 2.24) is 4.98 Å². The summed E-state index contributed by atoms with van der Waals surface area (Å²) in [5.74, 6) is 1.13. The number of aryl methyl sites for hydroxylation is 1. The molecule has 0 saturated heterocycles. The molecule has 1 saturated carbocycles. The second-order valence-corrected chi connectivity index (χ2v) is 5.95. The zero-order valence-corrected chi connectivity index (χ0v) is 12.5. The first kappa shape index (κ1) is 14.8. The standard InChI is InChI=1S/C16H24N2O2/c1-4-5-13-8-12(16(19)20)9-15(17-13)18-14-7-6-10(2)11(14)3/h8-11,14H,4-7H2,1-3H3,(H,17,18)(H,19,20). The molecule has 1 aliphatic carbocycles. The third-order valence-corrected chi connectivity index (χ3v) is 4.43. The van der Waals surface area contributed by atoms with Gasteiger partial charge in [-0.25, -0.2) is 9.78 Å². The number of anilines is 1. The summed E-state index contributed by atoms with van der Waals surface area (Å²) in [5.41, 5.74) is 1.18. The summed E-state index contributed by atoms with van der Waals surface area (Å²) in [6.45, 7) is 6.60. The van der Waals surface area contributed by atoms with E-state index in [1.807, 2.05) is 0 Å². The lowest BCUT2D eigenvalue weighted by atomic mass is 9.98. The van der Waals surface area contributed by atoms with Crippen molar-refractivity contribution in [3.63, 3.8) is 0 Å². The molecular formula is C16H24N2O2. The lowest BCUT2D eigenvalue weighted by molar-refractivity contribution is 0.0696. The van der Waals surface area contributed by atoms with Crippen LogP contribution in [0.15, 0.2) is 12.1 Å². The van der Waals surface area contributed by atoms with Crippen LogP contribution in [-0.4, -0.2) is 22.1 Å². The first-order chi connectivity index (χ1) is 9.51. The Morgan fingerprint density at radius 3 is 2.70 bits per heavy atom. The summed E-state index contributed by atoms with van der Waals surface area (Å²) < 4.78 is 0. The third-order valence-electron chi connectivity index (χ3n) is 4.43. The van der Waals surface area contributed by atoms with Gasteiger partial charge in [-0.2, -0.15) is 0 Å². The predicted molar refractivity (Wildman–Crippen MR) is 80.2 cm³/mol. The van der Waals surface area contributed by atoms with Gasteiger partial charge in [-0.1, -0.05) is 27.2 Å². The topological polar surface area (TPSA) is 62.2 Å². The van der Waals surface area contributed by atoms with Gasteiger partial charge in [0.2, 0.25) is 0 Å².